The fourth-order valence-corrected chi connectivity index (χ4v) is 5.93. The number of halogens is 2. The van der Waals surface area contributed by atoms with Crippen LogP contribution in [0.5, 0.6) is 17.2 Å². The standard InChI is InChI=1S/C33H32F2N6O3/c1-3-28(42)40-15-13-22(14-16-40)41-18-21(19-41)9-12-26-29(30-31(36)37-20-38-32(30)39(26)2)25-11-10-24(17-27(25)44-33(34)35)43-23-7-5-4-6-8-23/h3-8,10-11,17,20-22,33H,1,13-16,18-19H2,2H3,(H2,36,37,38). The third-order valence-electron chi connectivity index (χ3n) is 8.19. The van der Waals surface area contributed by atoms with Gasteiger partial charge in [0.1, 0.15) is 40.7 Å². The monoisotopic (exact) mass is 598 g/mol. The van der Waals surface area contributed by atoms with Crippen molar-refractivity contribution in [1.82, 2.24) is 24.3 Å². The lowest BCUT2D eigenvalue weighted by Gasteiger charge is -2.45. The van der Waals surface area contributed by atoms with Gasteiger partial charge in [-0.1, -0.05) is 30.7 Å². The minimum absolute atomic E-state index is 0.0210. The van der Waals surface area contributed by atoms with Gasteiger partial charge in [-0.15, -0.1) is 0 Å². The minimum atomic E-state index is -3.07. The number of anilines is 1. The number of benzene rings is 2. The van der Waals surface area contributed by atoms with E-state index >= 15 is 0 Å². The Labute approximate surface area is 253 Å². The summed E-state index contributed by atoms with van der Waals surface area (Å²) in [5.41, 5.74) is 8.32. The molecule has 9 nitrogen and oxygen atoms in total. The number of fused-ring (bicyclic) bond motifs is 1. The molecule has 0 radical (unpaired) electrons. The normalized spacial score (nSPS) is 16.0. The van der Waals surface area contributed by atoms with Gasteiger partial charge in [0.15, 0.2) is 0 Å². The number of nitrogen functional groups attached to an aromatic ring is 1. The maximum atomic E-state index is 13.7. The van der Waals surface area contributed by atoms with Crippen LogP contribution in [0, 0.1) is 17.8 Å². The third-order valence-corrected chi connectivity index (χ3v) is 8.19. The van der Waals surface area contributed by atoms with Crippen LogP contribution < -0.4 is 15.2 Å². The Balaban J connectivity index is 1.30. The molecule has 4 heterocycles. The van der Waals surface area contributed by atoms with Gasteiger partial charge in [-0.25, -0.2) is 9.97 Å². The van der Waals surface area contributed by atoms with Gasteiger partial charge in [0.05, 0.1) is 5.39 Å². The van der Waals surface area contributed by atoms with Crippen LogP contribution in [0.15, 0.2) is 67.5 Å². The smallest absolute Gasteiger partial charge is 0.387 e. The predicted octanol–water partition coefficient (Wildman–Crippen LogP) is 5.07. The molecule has 2 saturated heterocycles. The van der Waals surface area contributed by atoms with Crippen molar-refractivity contribution in [3.05, 3.63) is 73.2 Å². The maximum Gasteiger partial charge on any atom is 0.387 e. The van der Waals surface area contributed by atoms with E-state index < -0.39 is 6.61 Å². The van der Waals surface area contributed by atoms with E-state index in [0.29, 0.717) is 45.4 Å². The maximum absolute atomic E-state index is 13.7. The fraction of sp³-hybridized carbons (Fsp3) is 0.303. The summed E-state index contributed by atoms with van der Waals surface area (Å²) >= 11 is 0. The summed E-state index contributed by atoms with van der Waals surface area (Å²) in [4.78, 5) is 24.7. The lowest BCUT2D eigenvalue weighted by molar-refractivity contribution is -0.127. The molecular weight excluding hydrogens is 566 g/mol. The molecule has 2 N–H and O–H groups in total. The Morgan fingerprint density at radius 3 is 2.57 bits per heavy atom. The predicted molar refractivity (Wildman–Crippen MR) is 163 cm³/mol. The van der Waals surface area contributed by atoms with E-state index in [2.05, 4.69) is 33.3 Å². The van der Waals surface area contributed by atoms with Gasteiger partial charge in [-0.3, -0.25) is 9.69 Å². The van der Waals surface area contributed by atoms with Crippen LogP contribution in [0.25, 0.3) is 22.2 Å². The van der Waals surface area contributed by atoms with Crippen molar-refractivity contribution in [2.24, 2.45) is 13.0 Å². The van der Waals surface area contributed by atoms with Crippen LogP contribution in [-0.4, -0.2) is 69.1 Å². The molecule has 4 aromatic rings. The molecule has 2 aromatic carbocycles. The average Bonchev–Trinajstić information content (AvgIpc) is 3.28. The molecule has 44 heavy (non-hydrogen) atoms. The van der Waals surface area contributed by atoms with Gasteiger partial charge < -0.3 is 24.7 Å². The Morgan fingerprint density at radius 2 is 1.86 bits per heavy atom. The lowest BCUT2D eigenvalue weighted by Crippen LogP contribution is -2.55. The van der Waals surface area contributed by atoms with Crippen LogP contribution in [-0.2, 0) is 11.8 Å². The molecule has 2 aromatic heterocycles. The first-order valence-electron chi connectivity index (χ1n) is 14.4. The second kappa shape index (κ2) is 12.3. The largest absolute Gasteiger partial charge is 0.457 e. The molecule has 0 bridgehead atoms. The number of likely N-dealkylation sites (tertiary alicyclic amines) is 2. The Kier molecular flexibility index (Phi) is 8.17. The van der Waals surface area contributed by atoms with E-state index in [0.717, 1.165) is 39.0 Å². The molecule has 0 aliphatic carbocycles. The number of hydrogen-bond donors (Lipinski definition) is 1. The number of carbonyl (C=O) groups is 1. The number of nitrogens with two attached hydrogens (primary N) is 1. The Morgan fingerprint density at radius 1 is 1.11 bits per heavy atom. The van der Waals surface area contributed by atoms with Crippen molar-refractivity contribution in [3.8, 4) is 40.2 Å². The van der Waals surface area contributed by atoms with E-state index in [9.17, 15) is 13.6 Å². The van der Waals surface area contributed by atoms with Gasteiger partial charge in [0.25, 0.3) is 0 Å². The zero-order chi connectivity index (χ0) is 30.8. The van der Waals surface area contributed by atoms with Crippen LogP contribution in [0.2, 0.25) is 0 Å². The topological polar surface area (TPSA) is 98.7 Å². The van der Waals surface area contributed by atoms with Crippen molar-refractivity contribution in [2.75, 3.05) is 31.9 Å². The first-order chi connectivity index (χ1) is 21.3. The molecule has 2 aliphatic heterocycles. The van der Waals surface area contributed by atoms with Crippen LogP contribution in [0.3, 0.4) is 0 Å². The molecule has 0 saturated carbocycles. The quantitative estimate of drug-likeness (QED) is 0.234. The zero-order valence-corrected chi connectivity index (χ0v) is 24.2. The summed E-state index contributed by atoms with van der Waals surface area (Å²) in [5.74, 6) is 7.83. The number of aromatic nitrogens is 3. The number of amides is 1. The Hall–Kier alpha value is -4.95. The average molecular weight is 599 g/mol. The molecular formula is C33H32F2N6O3. The van der Waals surface area contributed by atoms with Crippen LogP contribution >= 0.6 is 0 Å². The zero-order valence-electron chi connectivity index (χ0n) is 24.2. The highest BCUT2D eigenvalue weighted by atomic mass is 19.3. The molecule has 11 heteroatoms. The highest BCUT2D eigenvalue weighted by Crippen LogP contribution is 2.43. The number of piperidine rings is 1. The number of para-hydroxylation sites is 1. The number of rotatable bonds is 7. The van der Waals surface area contributed by atoms with E-state index in [-0.39, 0.29) is 23.4 Å². The lowest BCUT2D eigenvalue weighted by atomic mass is 9.93. The SMILES string of the molecule is C=CC(=O)N1CCC(N2CC(C#Cc3c(-c4ccc(Oc5ccccc5)cc4OC(F)F)c4c(N)ncnc4n3C)C2)CC1. The molecule has 0 spiro atoms. The summed E-state index contributed by atoms with van der Waals surface area (Å²) in [6.45, 7) is 3.60. The van der Waals surface area contributed by atoms with E-state index in [4.69, 9.17) is 15.2 Å². The fourth-order valence-electron chi connectivity index (χ4n) is 5.93. The summed E-state index contributed by atoms with van der Waals surface area (Å²) in [5, 5.41) is 0.506. The summed E-state index contributed by atoms with van der Waals surface area (Å²) in [6, 6.07) is 14.2. The molecule has 2 fully saturated rings. The van der Waals surface area contributed by atoms with Crippen molar-refractivity contribution in [1.29, 1.82) is 0 Å². The van der Waals surface area contributed by atoms with Crippen molar-refractivity contribution < 1.29 is 23.0 Å². The molecule has 226 valence electrons. The van der Waals surface area contributed by atoms with Crippen molar-refractivity contribution >= 4 is 22.8 Å². The summed E-state index contributed by atoms with van der Waals surface area (Å²) in [7, 11) is 1.81. The minimum Gasteiger partial charge on any atom is -0.457 e. The molecule has 6 rings (SSSR count). The second-order valence-corrected chi connectivity index (χ2v) is 10.9. The van der Waals surface area contributed by atoms with E-state index in [1.165, 1.54) is 18.5 Å². The van der Waals surface area contributed by atoms with E-state index in [1.807, 2.05) is 30.1 Å². The van der Waals surface area contributed by atoms with Crippen LogP contribution in [0.1, 0.15) is 18.5 Å². The number of nitrogens with zero attached hydrogens (tertiary/aromatic N) is 5. The molecule has 2 aliphatic rings. The first-order valence-corrected chi connectivity index (χ1v) is 14.4. The summed E-state index contributed by atoms with van der Waals surface area (Å²) in [6.07, 6.45) is 4.57. The highest BCUT2D eigenvalue weighted by molar-refractivity contribution is 6.04. The second-order valence-electron chi connectivity index (χ2n) is 10.9. The number of aryl methyl sites for hydroxylation is 1. The number of ether oxygens (including phenoxy) is 2. The third kappa shape index (κ3) is 5.81. The molecule has 1 amide bonds. The van der Waals surface area contributed by atoms with Gasteiger partial charge >= 0.3 is 6.61 Å². The number of carbonyl (C=O) groups excluding carboxylic acids is 1. The van der Waals surface area contributed by atoms with Crippen molar-refractivity contribution in [2.45, 2.75) is 25.5 Å². The summed E-state index contributed by atoms with van der Waals surface area (Å²) < 4.78 is 40.1. The molecule has 0 atom stereocenters. The van der Waals surface area contributed by atoms with Crippen molar-refractivity contribution in [3.63, 3.8) is 0 Å². The number of hydrogen-bond acceptors (Lipinski definition) is 7. The first kappa shape index (κ1) is 29.1. The van der Waals surface area contributed by atoms with Gasteiger partial charge in [-0.05, 0) is 49.1 Å². The van der Waals surface area contributed by atoms with Crippen LogP contribution in [0.4, 0.5) is 14.6 Å². The van der Waals surface area contributed by atoms with Gasteiger partial charge in [0, 0.05) is 62.4 Å². The van der Waals surface area contributed by atoms with E-state index in [1.54, 1.807) is 28.8 Å². The Bertz CT molecular complexity index is 1750. The van der Waals surface area contributed by atoms with Gasteiger partial charge in [-0.2, -0.15) is 8.78 Å². The highest BCUT2D eigenvalue weighted by Gasteiger charge is 2.34. The van der Waals surface area contributed by atoms with Gasteiger partial charge in [0.2, 0.25) is 5.91 Å². The number of alkyl halides is 2. The molecule has 0 unspecified atom stereocenters.